The Morgan fingerprint density at radius 2 is 2.24 bits per heavy atom. The molecule has 0 saturated heterocycles. The molecule has 0 aliphatic carbocycles. The van der Waals surface area contributed by atoms with Gasteiger partial charge in [0, 0.05) is 13.0 Å². The van der Waals surface area contributed by atoms with Crippen LogP contribution in [-0.4, -0.2) is 26.0 Å². The van der Waals surface area contributed by atoms with Gasteiger partial charge in [-0.25, -0.2) is 13.1 Å². The fraction of sp³-hybridized carbons (Fsp3) is 0.333. The highest BCUT2D eigenvalue weighted by Crippen LogP contribution is 2.20. The van der Waals surface area contributed by atoms with Gasteiger partial charge < -0.3 is 5.11 Å². The van der Waals surface area contributed by atoms with E-state index >= 15 is 0 Å². The maximum Gasteiger partial charge on any atom is 0.303 e. The van der Waals surface area contributed by atoms with Crippen molar-refractivity contribution in [1.29, 1.82) is 5.26 Å². The van der Waals surface area contributed by atoms with Crippen molar-refractivity contribution < 1.29 is 18.3 Å². The first kappa shape index (κ1) is 13.6. The van der Waals surface area contributed by atoms with Gasteiger partial charge in [-0.1, -0.05) is 0 Å². The molecule has 0 atom stereocenters. The van der Waals surface area contributed by atoms with Gasteiger partial charge in [0.25, 0.3) is 0 Å². The predicted octanol–water partition coefficient (Wildman–Crippen LogP) is 0.763. The highest BCUT2D eigenvalue weighted by atomic mass is 32.2. The summed E-state index contributed by atoms with van der Waals surface area (Å²) in [6.45, 7) is 0.0639. The summed E-state index contributed by atoms with van der Waals surface area (Å²) in [5.41, 5.74) is 0. The van der Waals surface area contributed by atoms with Gasteiger partial charge in [-0.15, -0.1) is 11.3 Å². The van der Waals surface area contributed by atoms with Gasteiger partial charge in [0.2, 0.25) is 10.0 Å². The Kier molecular flexibility index (Phi) is 4.62. The van der Waals surface area contributed by atoms with Crippen molar-refractivity contribution in [3.63, 3.8) is 0 Å². The summed E-state index contributed by atoms with van der Waals surface area (Å²) in [5.74, 6) is -0.966. The summed E-state index contributed by atoms with van der Waals surface area (Å²) >= 11 is 0.876. The number of rotatable bonds is 6. The van der Waals surface area contributed by atoms with E-state index < -0.39 is 16.0 Å². The van der Waals surface area contributed by atoms with E-state index in [2.05, 4.69) is 4.72 Å². The lowest BCUT2D eigenvalue weighted by atomic mass is 10.3. The molecule has 1 aromatic heterocycles. The summed E-state index contributed by atoms with van der Waals surface area (Å²) in [6, 6.07) is 4.63. The lowest BCUT2D eigenvalue weighted by Crippen LogP contribution is -2.24. The average molecular weight is 274 g/mol. The first-order chi connectivity index (χ1) is 7.95. The van der Waals surface area contributed by atoms with Gasteiger partial charge in [0.15, 0.2) is 0 Å². The van der Waals surface area contributed by atoms with E-state index in [1.807, 2.05) is 6.07 Å². The molecule has 17 heavy (non-hydrogen) atoms. The molecule has 1 rings (SSSR count). The molecule has 0 saturated carbocycles. The quantitative estimate of drug-likeness (QED) is 0.745. The van der Waals surface area contributed by atoms with Crippen LogP contribution in [0.3, 0.4) is 0 Å². The number of nitrogens with zero attached hydrogens (tertiary/aromatic N) is 1. The summed E-state index contributed by atoms with van der Waals surface area (Å²) in [4.78, 5) is 10.5. The van der Waals surface area contributed by atoms with Crippen molar-refractivity contribution in [2.75, 3.05) is 6.54 Å². The van der Waals surface area contributed by atoms with Gasteiger partial charge in [-0.3, -0.25) is 4.79 Å². The van der Waals surface area contributed by atoms with E-state index in [-0.39, 0.29) is 23.6 Å². The molecule has 8 heteroatoms. The van der Waals surface area contributed by atoms with Crippen LogP contribution in [0.2, 0.25) is 0 Å². The Morgan fingerprint density at radius 3 is 2.76 bits per heavy atom. The molecule has 0 amide bonds. The van der Waals surface area contributed by atoms with Crippen molar-refractivity contribution in [2.45, 2.75) is 17.1 Å². The van der Waals surface area contributed by atoms with Crippen molar-refractivity contribution >= 4 is 27.3 Å². The molecule has 1 aromatic rings. The number of nitrogens with one attached hydrogen (secondary N) is 1. The highest BCUT2D eigenvalue weighted by molar-refractivity contribution is 7.91. The van der Waals surface area contributed by atoms with Crippen LogP contribution < -0.4 is 4.72 Å². The van der Waals surface area contributed by atoms with E-state index in [0.717, 1.165) is 11.3 Å². The van der Waals surface area contributed by atoms with E-state index in [0.29, 0.717) is 4.88 Å². The molecule has 1 heterocycles. The normalized spacial score (nSPS) is 11.0. The number of carbonyl (C=O) groups is 1. The Bertz CT molecular complexity index is 542. The van der Waals surface area contributed by atoms with Crippen molar-refractivity contribution in [3.05, 3.63) is 17.0 Å². The minimum atomic E-state index is -3.62. The van der Waals surface area contributed by atoms with Gasteiger partial charge in [-0.05, 0) is 18.6 Å². The monoisotopic (exact) mass is 274 g/mol. The topological polar surface area (TPSA) is 107 Å². The molecule has 6 nitrogen and oxygen atoms in total. The van der Waals surface area contributed by atoms with Crippen LogP contribution in [-0.2, 0) is 14.8 Å². The maximum atomic E-state index is 11.6. The van der Waals surface area contributed by atoms with E-state index in [1.54, 1.807) is 0 Å². The molecule has 0 aliphatic heterocycles. The minimum Gasteiger partial charge on any atom is -0.481 e. The zero-order valence-electron chi connectivity index (χ0n) is 8.71. The molecular weight excluding hydrogens is 264 g/mol. The Hall–Kier alpha value is -1.43. The van der Waals surface area contributed by atoms with Gasteiger partial charge in [0.1, 0.15) is 15.2 Å². The SMILES string of the molecule is N#Cc1ccc(S(=O)(=O)NCCCC(=O)O)s1. The Morgan fingerprint density at radius 1 is 1.53 bits per heavy atom. The standard InChI is InChI=1S/C9H10N2O4S2/c10-6-7-3-4-9(16-7)17(14,15)11-5-1-2-8(12)13/h3-4,11H,1-2,5H2,(H,12,13). The molecule has 2 N–H and O–H groups in total. The van der Waals surface area contributed by atoms with E-state index in [9.17, 15) is 13.2 Å². The molecule has 0 aromatic carbocycles. The highest BCUT2D eigenvalue weighted by Gasteiger charge is 2.16. The maximum absolute atomic E-state index is 11.6. The number of carboxylic acid groups (broad SMARTS) is 1. The molecule has 0 bridgehead atoms. The number of sulfonamides is 1. The zero-order chi connectivity index (χ0) is 12.9. The fourth-order valence-electron chi connectivity index (χ4n) is 1.04. The molecule has 0 spiro atoms. The predicted molar refractivity (Wildman–Crippen MR) is 61.1 cm³/mol. The molecule has 0 fully saturated rings. The van der Waals surface area contributed by atoms with Crippen LogP contribution in [0.4, 0.5) is 0 Å². The van der Waals surface area contributed by atoms with E-state index in [4.69, 9.17) is 10.4 Å². The van der Waals surface area contributed by atoms with Gasteiger partial charge in [-0.2, -0.15) is 5.26 Å². The lowest BCUT2D eigenvalue weighted by molar-refractivity contribution is -0.137. The Labute approximate surface area is 103 Å². The van der Waals surface area contributed by atoms with Gasteiger partial charge >= 0.3 is 5.97 Å². The van der Waals surface area contributed by atoms with E-state index in [1.165, 1.54) is 12.1 Å². The Balaban J connectivity index is 2.57. The van der Waals surface area contributed by atoms with Crippen LogP contribution >= 0.6 is 11.3 Å². The zero-order valence-corrected chi connectivity index (χ0v) is 10.3. The number of hydrogen-bond donors (Lipinski definition) is 2. The molecule has 0 radical (unpaired) electrons. The molecule has 0 unspecified atom stereocenters. The van der Waals surface area contributed by atoms with Crippen LogP contribution in [0, 0.1) is 11.3 Å². The largest absolute Gasteiger partial charge is 0.481 e. The van der Waals surface area contributed by atoms with Crippen molar-refractivity contribution in [2.24, 2.45) is 0 Å². The second-order valence-corrected chi connectivity index (χ2v) is 6.20. The first-order valence-corrected chi connectivity index (χ1v) is 6.97. The first-order valence-electron chi connectivity index (χ1n) is 4.67. The minimum absolute atomic E-state index is 0.0596. The third-order valence-corrected chi connectivity index (χ3v) is 4.76. The van der Waals surface area contributed by atoms with Crippen LogP contribution in [0.5, 0.6) is 0 Å². The number of nitriles is 1. The van der Waals surface area contributed by atoms with Crippen molar-refractivity contribution in [1.82, 2.24) is 4.72 Å². The smallest absolute Gasteiger partial charge is 0.303 e. The molecule has 92 valence electrons. The van der Waals surface area contributed by atoms with Gasteiger partial charge in [0.05, 0.1) is 0 Å². The number of hydrogen-bond acceptors (Lipinski definition) is 5. The van der Waals surface area contributed by atoms with Crippen molar-refractivity contribution in [3.8, 4) is 6.07 Å². The number of thiophene rings is 1. The summed E-state index contributed by atoms with van der Waals surface area (Å²) in [5, 5.41) is 17.0. The lowest BCUT2D eigenvalue weighted by Gasteiger charge is -2.02. The average Bonchev–Trinajstić information content (AvgIpc) is 2.73. The van der Waals surface area contributed by atoms with Crippen LogP contribution in [0.1, 0.15) is 17.7 Å². The molecular formula is C9H10N2O4S2. The third-order valence-electron chi connectivity index (χ3n) is 1.82. The summed E-state index contributed by atoms with van der Waals surface area (Å²) < 4.78 is 25.6. The number of aliphatic carboxylic acids is 1. The van der Waals surface area contributed by atoms with Crippen LogP contribution in [0.25, 0.3) is 0 Å². The summed E-state index contributed by atoms with van der Waals surface area (Å²) in [6.07, 6.45) is 0.140. The fourth-order valence-corrected chi connectivity index (χ4v) is 3.26. The van der Waals surface area contributed by atoms with Crippen LogP contribution in [0.15, 0.2) is 16.3 Å². The second kappa shape index (κ2) is 5.77. The third kappa shape index (κ3) is 4.14. The molecule has 0 aliphatic rings. The summed E-state index contributed by atoms with van der Waals surface area (Å²) in [7, 11) is -3.62. The second-order valence-electron chi connectivity index (χ2n) is 3.13. The number of carboxylic acids is 1.